The number of hydrogen-bond acceptors (Lipinski definition) is 3. The molecule has 0 aromatic heterocycles. The van der Waals surface area contributed by atoms with Crippen LogP contribution < -0.4 is 5.32 Å². The van der Waals surface area contributed by atoms with Gasteiger partial charge in [-0.25, -0.2) is 0 Å². The largest absolute Gasteiger partial charge is 0.344 e. The van der Waals surface area contributed by atoms with Gasteiger partial charge in [-0.05, 0) is 26.3 Å². The van der Waals surface area contributed by atoms with Gasteiger partial charge >= 0.3 is 0 Å². The first-order chi connectivity index (χ1) is 7.18. The van der Waals surface area contributed by atoms with E-state index in [1.54, 1.807) is 0 Å². The Morgan fingerprint density at radius 2 is 2.20 bits per heavy atom. The second kappa shape index (κ2) is 4.49. The average Bonchev–Trinajstić information content (AvgIpc) is 3.00. The molecule has 15 heavy (non-hydrogen) atoms. The lowest BCUT2D eigenvalue weighted by Crippen LogP contribution is -2.40. The first-order valence-corrected chi connectivity index (χ1v) is 5.87. The topological polar surface area (TPSA) is 35.6 Å². The van der Waals surface area contributed by atoms with E-state index in [1.807, 2.05) is 11.9 Å². The maximum Gasteiger partial charge on any atom is 0.239 e. The summed E-state index contributed by atoms with van der Waals surface area (Å²) in [5.41, 5.74) is 0. The Labute approximate surface area is 91.6 Å². The molecular weight excluding hydrogens is 190 g/mol. The molecule has 86 valence electrons. The highest BCUT2D eigenvalue weighted by Gasteiger charge is 2.29. The number of rotatable bonds is 5. The van der Waals surface area contributed by atoms with E-state index in [0.717, 1.165) is 32.1 Å². The van der Waals surface area contributed by atoms with Crippen molar-refractivity contribution < 1.29 is 4.79 Å². The van der Waals surface area contributed by atoms with Crippen LogP contribution in [0.4, 0.5) is 0 Å². The van der Waals surface area contributed by atoms with Crippen LogP contribution in [0.1, 0.15) is 19.3 Å². The van der Waals surface area contributed by atoms with E-state index in [0.29, 0.717) is 0 Å². The fourth-order valence-corrected chi connectivity index (χ4v) is 2.12. The molecule has 1 aliphatic heterocycles. The highest BCUT2D eigenvalue weighted by molar-refractivity contribution is 5.83. The number of amides is 1. The van der Waals surface area contributed by atoms with Gasteiger partial charge in [-0.2, -0.15) is 0 Å². The van der Waals surface area contributed by atoms with Crippen molar-refractivity contribution in [1.82, 2.24) is 15.1 Å². The number of carbonyl (C=O) groups is 1. The van der Waals surface area contributed by atoms with Gasteiger partial charge in [-0.15, -0.1) is 0 Å². The van der Waals surface area contributed by atoms with Crippen molar-refractivity contribution in [3.05, 3.63) is 0 Å². The first kappa shape index (κ1) is 10.9. The third-order valence-corrected chi connectivity index (χ3v) is 3.45. The molecule has 1 saturated carbocycles. The number of nitrogens with zero attached hydrogens (tertiary/aromatic N) is 2. The molecule has 1 heterocycles. The van der Waals surface area contributed by atoms with Gasteiger partial charge in [0.2, 0.25) is 5.91 Å². The van der Waals surface area contributed by atoms with Crippen LogP contribution in [0.3, 0.4) is 0 Å². The van der Waals surface area contributed by atoms with Crippen molar-refractivity contribution >= 4 is 5.91 Å². The van der Waals surface area contributed by atoms with Gasteiger partial charge < -0.3 is 15.1 Å². The second-order valence-corrected chi connectivity index (χ2v) is 4.77. The maximum absolute atomic E-state index is 11.6. The Kier molecular flexibility index (Phi) is 3.26. The zero-order valence-corrected chi connectivity index (χ0v) is 9.70. The highest BCUT2D eigenvalue weighted by atomic mass is 16.2. The summed E-state index contributed by atoms with van der Waals surface area (Å²) in [6.07, 6.45) is 3.66. The van der Waals surface area contributed by atoms with Gasteiger partial charge in [-0.1, -0.05) is 0 Å². The minimum Gasteiger partial charge on any atom is -0.344 e. The Balaban J connectivity index is 1.63. The minimum absolute atomic E-state index is 0.0719. The van der Waals surface area contributed by atoms with Gasteiger partial charge in [0.25, 0.3) is 0 Å². The van der Waals surface area contributed by atoms with Gasteiger partial charge in [0.15, 0.2) is 0 Å². The third-order valence-electron chi connectivity index (χ3n) is 3.45. The van der Waals surface area contributed by atoms with Crippen LogP contribution in [0, 0.1) is 0 Å². The molecule has 0 aromatic carbocycles. The van der Waals surface area contributed by atoms with Crippen molar-refractivity contribution in [2.75, 3.05) is 33.7 Å². The molecule has 0 spiro atoms. The Morgan fingerprint density at radius 3 is 2.73 bits per heavy atom. The molecule has 1 saturated heterocycles. The monoisotopic (exact) mass is 211 g/mol. The fourth-order valence-electron chi connectivity index (χ4n) is 2.12. The quantitative estimate of drug-likeness (QED) is 0.690. The lowest BCUT2D eigenvalue weighted by molar-refractivity contribution is -0.128. The molecule has 1 amide bonds. The van der Waals surface area contributed by atoms with E-state index in [-0.39, 0.29) is 11.9 Å². The normalized spacial score (nSPS) is 26.7. The van der Waals surface area contributed by atoms with Crippen LogP contribution >= 0.6 is 0 Å². The lowest BCUT2D eigenvalue weighted by Gasteiger charge is -2.17. The van der Waals surface area contributed by atoms with E-state index in [1.165, 1.54) is 12.8 Å². The average molecular weight is 211 g/mol. The van der Waals surface area contributed by atoms with E-state index in [2.05, 4.69) is 17.3 Å². The Bertz CT molecular complexity index is 240. The third kappa shape index (κ3) is 2.69. The zero-order valence-electron chi connectivity index (χ0n) is 9.70. The van der Waals surface area contributed by atoms with E-state index >= 15 is 0 Å². The van der Waals surface area contributed by atoms with Crippen LogP contribution in [-0.4, -0.2) is 61.5 Å². The summed E-state index contributed by atoms with van der Waals surface area (Å²) in [7, 11) is 4.04. The lowest BCUT2D eigenvalue weighted by atomic mass is 10.2. The summed E-state index contributed by atoms with van der Waals surface area (Å²) in [5.74, 6) is 0.254. The molecule has 0 aromatic rings. The van der Waals surface area contributed by atoms with Crippen molar-refractivity contribution in [2.24, 2.45) is 0 Å². The second-order valence-electron chi connectivity index (χ2n) is 4.77. The van der Waals surface area contributed by atoms with Gasteiger partial charge in [0, 0.05) is 32.7 Å². The molecule has 0 bridgehead atoms. The molecule has 2 aliphatic rings. The van der Waals surface area contributed by atoms with Crippen molar-refractivity contribution in [1.29, 1.82) is 0 Å². The summed E-state index contributed by atoms with van der Waals surface area (Å²) in [6.45, 7) is 2.88. The Morgan fingerprint density at radius 1 is 1.47 bits per heavy atom. The minimum atomic E-state index is 0.0719. The van der Waals surface area contributed by atoms with Crippen LogP contribution in [0.15, 0.2) is 0 Å². The predicted octanol–water partition coefficient (Wildman–Crippen LogP) is -0.0991. The molecule has 1 N–H and O–H groups in total. The van der Waals surface area contributed by atoms with E-state index < -0.39 is 0 Å². The molecule has 2 rings (SSSR count). The molecule has 4 heteroatoms. The van der Waals surface area contributed by atoms with Crippen molar-refractivity contribution in [2.45, 2.75) is 31.3 Å². The summed E-state index contributed by atoms with van der Waals surface area (Å²) < 4.78 is 0. The van der Waals surface area contributed by atoms with E-state index in [9.17, 15) is 4.79 Å². The molecular formula is C11H21N3O. The summed E-state index contributed by atoms with van der Waals surface area (Å²) in [5, 5.41) is 3.34. The van der Waals surface area contributed by atoms with Crippen LogP contribution in [0.5, 0.6) is 0 Å². The van der Waals surface area contributed by atoms with Gasteiger partial charge in [0.05, 0.1) is 6.04 Å². The van der Waals surface area contributed by atoms with Crippen molar-refractivity contribution in [3.63, 3.8) is 0 Å². The zero-order chi connectivity index (χ0) is 10.8. The van der Waals surface area contributed by atoms with Crippen LogP contribution in [0.2, 0.25) is 0 Å². The smallest absolute Gasteiger partial charge is 0.239 e. The van der Waals surface area contributed by atoms with Crippen LogP contribution in [0.25, 0.3) is 0 Å². The number of likely N-dealkylation sites (tertiary alicyclic amines) is 1. The van der Waals surface area contributed by atoms with Crippen molar-refractivity contribution in [3.8, 4) is 0 Å². The standard InChI is InChI=1S/C11H21N3O/c1-13(9-3-4-9)8-6-12-10-5-7-14(2)11(10)15/h9-10,12H,3-8H2,1-2H3. The molecule has 4 nitrogen and oxygen atoms in total. The van der Waals surface area contributed by atoms with Gasteiger partial charge in [0.1, 0.15) is 0 Å². The number of hydrogen-bond donors (Lipinski definition) is 1. The molecule has 2 fully saturated rings. The summed E-state index contributed by atoms with van der Waals surface area (Å²) >= 11 is 0. The Hall–Kier alpha value is -0.610. The number of carbonyl (C=O) groups excluding carboxylic acids is 1. The van der Waals surface area contributed by atoms with Gasteiger partial charge in [-0.3, -0.25) is 4.79 Å². The number of nitrogens with one attached hydrogen (secondary N) is 1. The molecule has 1 atom stereocenters. The first-order valence-electron chi connectivity index (χ1n) is 5.87. The molecule has 1 unspecified atom stereocenters. The fraction of sp³-hybridized carbons (Fsp3) is 0.909. The highest BCUT2D eigenvalue weighted by Crippen LogP contribution is 2.24. The summed E-state index contributed by atoms with van der Waals surface area (Å²) in [6, 6.07) is 0.886. The van der Waals surface area contributed by atoms with Crippen LogP contribution in [-0.2, 0) is 4.79 Å². The molecule has 1 aliphatic carbocycles. The molecule has 0 radical (unpaired) electrons. The summed E-state index contributed by atoms with van der Waals surface area (Å²) in [4.78, 5) is 15.8. The maximum atomic E-state index is 11.6. The van der Waals surface area contributed by atoms with E-state index in [4.69, 9.17) is 0 Å². The number of likely N-dealkylation sites (N-methyl/N-ethyl adjacent to an activating group) is 2. The predicted molar refractivity (Wildman–Crippen MR) is 59.7 cm³/mol. The SMILES string of the molecule is CN1CCC(NCCN(C)C2CC2)C1=O.